The number of aliphatic hydroxyl groups excluding tert-OH is 2. The average molecular weight is 534 g/mol. The number of aromatic hydroxyl groups is 1. The summed E-state index contributed by atoms with van der Waals surface area (Å²) < 4.78 is 0. The molecule has 4 rings (SSSR count). The number of hydrogen-bond donors (Lipinski definition) is 5. The van der Waals surface area contributed by atoms with E-state index in [2.05, 4.69) is 6.58 Å². The highest BCUT2D eigenvalue weighted by atomic mass is 35.5. The van der Waals surface area contributed by atoms with E-state index in [0.717, 1.165) is 0 Å². The molecule has 1 aromatic rings. The number of phenols is 1. The maximum absolute atomic E-state index is 13.8. The van der Waals surface area contributed by atoms with E-state index in [-0.39, 0.29) is 41.3 Å². The number of primary amides is 1. The van der Waals surface area contributed by atoms with Gasteiger partial charge in [0.25, 0.3) is 0 Å². The van der Waals surface area contributed by atoms with Crippen LogP contribution in [-0.4, -0.2) is 93.1 Å². The van der Waals surface area contributed by atoms with Crippen LogP contribution in [0.15, 0.2) is 30.1 Å². The Morgan fingerprint density at radius 3 is 2.51 bits per heavy atom. The molecule has 0 aliphatic heterocycles. The summed E-state index contributed by atoms with van der Waals surface area (Å²) in [4.78, 5) is 42.7. The van der Waals surface area contributed by atoms with Crippen molar-refractivity contribution in [1.82, 2.24) is 9.80 Å². The van der Waals surface area contributed by atoms with E-state index in [9.17, 15) is 34.8 Å². The zero-order valence-electron chi connectivity index (χ0n) is 20.9. The molecule has 10 nitrogen and oxygen atoms in total. The van der Waals surface area contributed by atoms with E-state index in [1.807, 2.05) is 4.90 Å². The lowest BCUT2D eigenvalue weighted by Gasteiger charge is -2.53. The van der Waals surface area contributed by atoms with Gasteiger partial charge in [-0.05, 0) is 51.5 Å². The summed E-state index contributed by atoms with van der Waals surface area (Å²) in [7, 11) is 5.02. The minimum absolute atomic E-state index is 0.0408. The summed E-state index contributed by atoms with van der Waals surface area (Å²) in [6.45, 7) is 4.47. The number of aliphatic hydroxyl groups is 3. The number of carbonyl (C=O) groups excluding carboxylic acids is 3. The third kappa shape index (κ3) is 3.98. The Kier molecular flexibility index (Phi) is 7.02. The number of hydrogen-bond acceptors (Lipinski definition) is 9. The van der Waals surface area contributed by atoms with Crippen molar-refractivity contribution >= 4 is 29.1 Å². The molecule has 11 heteroatoms. The van der Waals surface area contributed by atoms with Crippen molar-refractivity contribution < 1.29 is 34.8 Å². The van der Waals surface area contributed by atoms with Gasteiger partial charge < -0.3 is 31.1 Å². The number of halogens is 1. The van der Waals surface area contributed by atoms with Gasteiger partial charge >= 0.3 is 0 Å². The molecule has 0 spiro atoms. The Morgan fingerprint density at radius 2 is 1.95 bits per heavy atom. The summed E-state index contributed by atoms with van der Waals surface area (Å²) in [5.74, 6) is -7.68. The predicted octanol–water partition coefficient (Wildman–Crippen LogP) is 0.557. The summed E-state index contributed by atoms with van der Waals surface area (Å²) in [6.07, 6.45) is 0.368. The molecule has 0 aromatic heterocycles. The van der Waals surface area contributed by atoms with Crippen LogP contribution < -0.4 is 5.73 Å². The third-order valence-electron chi connectivity index (χ3n) is 8.00. The number of Topliss-reactive ketones (excluding diaryl/α,β-unsaturated/α-hetero) is 2. The average Bonchev–Trinajstić information content (AvgIpc) is 2.79. The molecule has 6 atom stereocenters. The smallest absolute Gasteiger partial charge is 0.230 e. The number of fused-ring (bicyclic) bond motifs is 3. The van der Waals surface area contributed by atoms with Gasteiger partial charge in [0.15, 0.2) is 17.2 Å². The zero-order valence-corrected chi connectivity index (χ0v) is 21.7. The molecule has 200 valence electrons. The summed E-state index contributed by atoms with van der Waals surface area (Å²) in [5, 5.41) is 45.3. The van der Waals surface area contributed by atoms with Crippen LogP contribution in [-0.2, 0) is 22.6 Å². The molecule has 0 bridgehead atoms. The fraction of sp³-hybridized carbons (Fsp3) is 0.500. The maximum atomic E-state index is 13.8. The molecule has 1 saturated carbocycles. The molecule has 1 amide bonds. The van der Waals surface area contributed by atoms with Crippen LogP contribution in [0.3, 0.4) is 0 Å². The highest BCUT2D eigenvalue weighted by Gasteiger charge is 2.66. The Hall–Kier alpha value is -2.76. The molecule has 0 radical (unpaired) electrons. The van der Waals surface area contributed by atoms with Crippen LogP contribution in [0.5, 0.6) is 5.75 Å². The Morgan fingerprint density at radius 1 is 1.30 bits per heavy atom. The lowest BCUT2D eigenvalue weighted by molar-refractivity contribution is -0.178. The first-order chi connectivity index (χ1) is 17.3. The number of carbonyl (C=O) groups is 3. The van der Waals surface area contributed by atoms with Crippen molar-refractivity contribution in [3.05, 3.63) is 51.8 Å². The van der Waals surface area contributed by atoms with Crippen molar-refractivity contribution in [2.45, 2.75) is 37.1 Å². The van der Waals surface area contributed by atoms with Crippen LogP contribution in [0.25, 0.3) is 0 Å². The quantitative estimate of drug-likeness (QED) is 0.259. The number of benzene rings is 1. The van der Waals surface area contributed by atoms with Crippen LogP contribution in [0.1, 0.15) is 27.9 Å². The van der Waals surface area contributed by atoms with Crippen molar-refractivity contribution in [2.75, 3.05) is 27.7 Å². The van der Waals surface area contributed by atoms with Crippen LogP contribution in [0.4, 0.5) is 0 Å². The number of allylic oxidation sites excluding steroid dienone is 1. The number of nitrogens with two attached hydrogens (primary N) is 1. The molecule has 3 aliphatic carbocycles. The minimum Gasteiger partial charge on any atom is -0.508 e. The number of likely N-dealkylation sites (N-methyl/N-ethyl adjacent to an activating group) is 2. The largest absolute Gasteiger partial charge is 0.508 e. The van der Waals surface area contributed by atoms with E-state index in [4.69, 9.17) is 17.3 Å². The second-order valence-corrected chi connectivity index (χ2v) is 10.9. The topological polar surface area (TPSA) is 165 Å². The minimum atomic E-state index is -2.62. The number of nitrogens with zero attached hydrogens (tertiary/aromatic N) is 2. The molecule has 1 fully saturated rings. The molecule has 3 aliphatic rings. The Bertz CT molecular complexity index is 1230. The van der Waals surface area contributed by atoms with Gasteiger partial charge in [-0.25, -0.2) is 0 Å². The van der Waals surface area contributed by atoms with Crippen LogP contribution in [0.2, 0.25) is 5.02 Å². The second kappa shape index (κ2) is 9.52. The summed E-state index contributed by atoms with van der Waals surface area (Å²) in [5.41, 5.74) is 3.29. The first kappa shape index (κ1) is 27.3. The van der Waals surface area contributed by atoms with Gasteiger partial charge in [0.2, 0.25) is 5.91 Å². The third-order valence-corrected chi connectivity index (χ3v) is 8.34. The summed E-state index contributed by atoms with van der Waals surface area (Å²) in [6, 6.07) is 0.677. The SMILES string of the molecule is C=CCN(C)Cc1cc(Cl)c2c(c1O)C(=O)C1=C(O)[C@]3(O)C(=O)C(C(N)=O)C(O)[C@@H](N(C)C)[C@@H]3C[C@@H]1C2. The van der Waals surface area contributed by atoms with Crippen molar-refractivity contribution in [2.24, 2.45) is 23.5 Å². The number of amides is 1. The Balaban J connectivity index is 1.88. The highest BCUT2D eigenvalue weighted by Crippen LogP contribution is 2.53. The van der Waals surface area contributed by atoms with Gasteiger partial charge in [-0.1, -0.05) is 17.7 Å². The van der Waals surface area contributed by atoms with E-state index in [0.29, 0.717) is 17.7 Å². The van der Waals surface area contributed by atoms with E-state index in [1.54, 1.807) is 38.2 Å². The molecule has 37 heavy (non-hydrogen) atoms. The molecular formula is C26H32ClN3O7. The highest BCUT2D eigenvalue weighted by molar-refractivity contribution is 6.32. The Labute approximate surface area is 219 Å². The molecule has 6 N–H and O–H groups in total. The lowest BCUT2D eigenvalue weighted by Crippen LogP contribution is -2.71. The van der Waals surface area contributed by atoms with Gasteiger partial charge in [0.1, 0.15) is 17.4 Å². The molecule has 2 unspecified atom stereocenters. The predicted molar refractivity (Wildman–Crippen MR) is 135 cm³/mol. The fourth-order valence-electron chi connectivity index (χ4n) is 6.38. The van der Waals surface area contributed by atoms with Gasteiger partial charge in [-0.3, -0.25) is 19.3 Å². The molecule has 0 heterocycles. The monoisotopic (exact) mass is 533 g/mol. The first-order valence-electron chi connectivity index (χ1n) is 12.0. The number of phenolic OH excluding ortho intramolecular Hbond substituents is 1. The molecular weight excluding hydrogens is 502 g/mol. The fourth-order valence-corrected chi connectivity index (χ4v) is 6.68. The lowest BCUT2D eigenvalue weighted by atomic mass is 9.56. The van der Waals surface area contributed by atoms with Crippen molar-refractivity contribution in [3.8, 4) is 5.75 Å². The van der Waals surface area contributed by atoms with Gasteiger partial charge in [0, 0.05) is 41.2 Å². The summed E-state index contributed by atoms with van der Waals surface area (Å²) >= 11 is 6.57. The molecule has 1 aromatic carbocycles. The zero-order chi connectivity index (χ0) is 27.6. The van der Waals surface area contributed by atoms with Gasteiger partial charge in [-0.15, -0.1) is 6.58 Å². The first-order valence-corrected chi connectivity index (χ1v) is 12.4. The van der Waals surface area contributed by atoms with Crippen LogP contribution in [0, 0.1) is 17.8 Å². The van der Waals surface area contributed by atoms with Gasteiger partial charge in [-0.2, -0.15) is 0 Å². The maximum Gasteiger partial charge on any atom is 0.230 e. The van der Waals surface area contributed by atoms with Crippen molar-refractivity contribution in [1.29, 1.82) is 0 Å². The number of ketones is 2. The normalized spacial score (nSPS) is 31.3. The molecule has 0 saturated heterocycles. The van der Waals surface area contributed by atoms with E-state index < -0.39 is 58.7 Å². The van der Waals surface area contributed by atoms with E-state index >= 15 is 0 Å². The number of rotatable bonds is 6. The van der Waals surface area contributed by atoms with E-state index in [1.165, 1.54) is 0 Å². The van der Waals surface area contributed by atoms with Crippen molar-refractivity contribution in [3.63, 3.8) is 0 Å². The standard InChI is InChI=1S/C26H32ClN3O7/c1-5-6-30(4)10-12-9-15(27)13-7-11-8-14-19(29(2)3)22(33)18(25(28)36)24(35)26(14,37)23(34)16(11)21(32)17(13)20(12)31/h5,9,11,14,18-19,22,31,33-34,37H,1,6-8,10H2,2-4H3,(H2,28,36)/t11-,14-,18?,19-,22?,26-/m0/s1. The van der Waals surface area contributed by atoms with Crippen LogP contribution >= 0.6 is 11.6 Å². The second-order valence-electron chi connectivity index (χ2n) is 10.5. The van der Waals surface area contributed by atoms with Gasteiger partial charge in [0.05, 0.1) is 11.7 Å².